The number of nitrogens with one attached hydrogen (secondary N) is 1. The van der Waals surface area contributed by atoms with Crippen LogP contribution in [0.5, 0.6) is 0 Å². The highest BCUT2D eigenvalue weighted by atomic mass is 32.1. The smallest absolute Gasteiger partial charge is 0.274 e. The van der Waals surface area contributed by atoms with Crippen LogP contribution < -0.4 is 5.32 Å². The number of amides is 1. The summed E-state index contributed by atoms with van der Waals surface area (Å²) >= 11 is 1.44. The Morgan fingerprint density at radius 2 is 2.08 bits per heavy atom. The molecule has 0 atom stereocenters. The molecular formula is C18H22N4OS. The highest BCUT2D eigenvalue weighted by Gasteiger charge is 2.31. The Morgan fingerprint density at radius 1 is 1.42 bits per heavy atom. The van der Waals surface area contributed by atoms with Crippen LogP contribution in [0.15, 0.2) is 6.07 Å². The molecule has 2 aromatic rings. The van der Waals surface area contributed by atoms with E-state index in [1.165, 1.54) is 11.3 Å². The molecule has 1 aliphatic carbocycles. The molecule has 1 amide bonds. The maximum atomic E-state index is 12.9. The number of carbonyl (C=O) groups is 1. The van der Waals surface area contributed by atoms with Gasteiger partial charge in [0.15, 0.2) is 0 Å². The first kappa shape index (κ1) is 16.7. The zero-order valence-corrected chi connectivity index (χ0v) is 15.5. The standard InChI is InChI=1S/C18H22N4OS/c1-10-11(2)24-17(13(10)9-19)20-16(23)15-8-14(12-6-7-12)21-22(15)18(3,4)5/h8,12H,6-7H2,1-5H3,(H,20,23). The van der Waals surface area contributed by atoms with Gasteiger partial charge in [-0.1, -0.05) is 0 Å². The first-order valence-electron chi connectivity index (χ1n) is 8.14. The van der Waals surface area contributed by atoms with Crippen molar-refractivity contribution in [1.29, 1.82) is 5.26 Å². The third-order valence-electron chi connectivity index (χ3n) is 4.32. The van der Waals surface area contributed by atoms with Crippen LogP contribution in [0.3, 0.4) is 0 Å². The Labute approximate surface area is 146 Å². The van der Waals surface area contributed by atoms with Gasteiger partial charge in [0.1, 0.15) is 16.8 Å². The first-order valence-corrected chi connectivity index (χ1v) is 8.96. The van der Waals surface area contributed by atoms with Crippen LogP contribution in [0.25, 0.3) is 0 Å². The van der Waals surface area contributed by atoms with Crippen LogP contribution in [-0.2, 0) is 5.54 Å². The lowest BCUT2D eigenvalue weighted by Gasteiger charge is -2.22. The number of rotatable bonds is 3. The summed E-state index contributed by atoms with van der Waals surface area (Å²) < 4.78 is 1.80. The fourth-order valence-electron chi connectivity index (χ4n) is 2.67. The molecule has 0 aromatic carbocycles. The summed E-state index contributed by atoms with van der Waals surface area (Å²) in [6.45, 7) is 9.97. The van der Waals surface area contributed by atoms with Gasteiger partial charge in [-0.15, -0.1) is 11.3 Å². The first-order chi connectivity index (χ1) is 11.2. The maximum absolute atomic E-state index is 12.9. The Morgan fingerprint density at radius 3 is 2.62 bits per heavy atom. The van der Waals surface area contributed by atoms with E-state index < -0.39 is 0 Å². The average Bonchev–Trinajstić information content (AvgIpc) is 3.17. The number of aromatic nitrogens is 2. The molecule has 1 N–H and O–H groups in total. The Bertz CT molecular complexity index is 844. The number of anilines is 1. The second-order valence-corrected chi connectivity index (χ2v) is 8.59. The van der Waals surface area contributed by atoms with Crippen LogP contribution in [-0.4, -0.2) is 15.7 Å². The summed E-state index contributed by atoms with van der Waals surface area (Å²) in [7, 11) is 0. The van der Waals surface area contributed by atoms with Gasteiger partial charge in [-0.05, 0) is 59.1 Å². The summed E-state index contributed by atoms with van der Waals surface area (Å²) in [5.41, 5.74) is 2.75. The predicted octanol–water partition coefficient (Wildman–Crippen LogP) is 4.32. The van der Waals surface area contributed by atoms with Crippen molar-refractivity contribution in [2.24, 2.45) is 0 Å². The minimum Gasteiger partial charge on any atom is -0.311 e. The molecule has 6 heteroatoms. The zero-order valence-electron chi connectivity index (χ0n) is 14.7. The maximum Gasteiger partial charge on any atom is 0.274 e. The van der Waals surface area contributed by atoms with Crippen LogP contribution >= 0.6 is 11.3 Å². The van der Waals surface area contributed by atoms with Gasteiger partial charge in [0.2, 0.25) is 0 Å². The van der Waals surface area contributed by atoms with E-state index in [1.54, 1.807) is 4.68 Å². The fourth-order valence-corrected chi connectivity index (χ4v) is 3.67. The van der Waals surface area contributed by atoms with Gasteiger partial charge in [0.25, 0.3) is 5.91 Å². The molecule has 5 nitrogen and oxygen atoms in total. The molecule has 0 saturated heterocycles. The summed E-state index contributed by atoms with van der Waals surface area (Å²) in [4.78, 5) is 13.9. The van der Waals surface area contributed by atoms with Crippen LogP contribution in [0, 0.1) is 25.2 Å². The number of aryl methyl sites for hydroxylation is 1. The molecule has 0 aliphatic heterocycles. The average molecular weight is 342 g/mol. The largest absolute Gasteiger partial charge is 0.311 e. The molecule has 0 radical (unpaired) electrons. The highest BCUT2D eigenvalue weighted by Crippen LogP contribution is 2.40. The van der Waals surface area contributed by atoms with E-state index in [0.29, 0.717) is 22.2 Å². The molecule has 24 heavy (non-hydrogen) atoms. The van der Waals surface area contributed by atoms with Crippen molar-refractivity contribution < 1.29 is 4.79 Å². The van der Waals surface area contributed by atoms with Crippen molar-refractivity contribution in [2.75, 3.05) is 5.32 Å². The van der Waals surface area contributed by atoms with Gasteiger partial charge < -0.3 is 5.32 Å². The minimum atomic E-state index is -0.279. The summed E-state index contributed by atoms with van der Waals surface area (Å²) in [6.07, 6.45) is 2.29. The van der Waals surface area contributed by atoms with E-state index in [0.717, 1.165) is 29.0 Å². The molecule has 1 aliphatic rings. The lowest BCUT2D eigenvalue weighted by molar-refractivity contribution is 0.101. The topological polar surface area (TPSA) is 70.7 Å². The van der Waals surface area contributed by atoms with Crippen molar-refractivity contribution in [3.05, 3.63) is 33.5 Å². The third-order valence-corrected chi connectivity index (χ3v) is 5.44. The number of hydrogen-bond donors (Lipinski definition) is 1. The molecule has 0 unspecified atom stereocenters. The van der Waals surface area contributed by atoms with E-state index in [-0.39, 0.29) is 11.4 Å². The van der Waals surface area contributed by atoms with Gasteiger partial charge in [-0.3, -0.25) is 9.48 Å². The van der Waals surface area contributed by atoms with E-state index in [2.05, 4.69) is 16.5 Å². The van der Waals surface area contributed by atoms with Gasteiger partial charge in [0, 0.05) is 10.8 Å². The lowest BCUT2D eigenvalue weighted by atomic mass is 10.1. The van der Waals surface area contributed by atoms with E-state index in [9.17, 15) is 10.1 Å². The molecule has 1 saturated carbocycles. The molecule has 126 valence electrons. The molecule has 0 bridgehead atoms. The second-order valence-electron chi connectivity index (χ2n) is 7.36. The Balaban J connectivity index is 1.96. The molecule has 3 rings (SSSR count). The van der Waals surface area contributed by atoms with Gasteiger partial charge in [-0.2, -0.15) is 10.4 Å². The monoisotopic (exact) mass is 342 g/mol. The van der Waals surface area contributed by atoms with E-state index in [1.807, 2.05) is 40.7 Å². The summed E-state index contributed by atoms with van der Waals surface area (Å²) in [5.74, 6) is 0.281. The minimum absolute atomic E-state index is 0.206. The number of nitriles is 1. The second kappa shape index (κ2) is 5.75. The van der Waals surface area contributed by atoms with Crippen molar-refractivity contribution in [3.8, 4) is 6.07 Å². The Kier molecular flexibility index (Phi) is 4.00. The van der Waals surface area contributed by atoms with Gasteiger partial charge in [-0.25, -0.2) is 0 Å². The molecule has 2 heterocycles. The number of thiophene rings is 1. The molecule has 1 fully saturated rings. The summed E-state index contributed by atoms with van der Waals surface area (Å²) in [5, 5.41) is 17.6. The van der Waals surface area contributed by atoms with Crippen molar-refractivity contribution in [2.45, 2.75) is 58.9 Å². The normalized spacial score (nSPS) is 14.5. The zero-order chi connectivity index (χ0) is 17.6. The number of nitrogens with zero attached hydrogens (tertiary/aromatic N) is 3. The van der Waals surface area contributed by atoms with E-state index >= 15 is 0 Å². The number of hydrogen-bond acceptors (Lipinski definition) is 4. The molecule has 0 spiro atoms. The Hall–Kier alpha value is -2.13. The lowest BCUT2D eigenvalue weighted by Crippen LogP contribution is -2.29. The molecule has 2 aromatic heterocycles. The van der Waals surface area contributed by atoms with Gasteiger partial charge >= 0.3 is 0 Å². The van der Waals surface area contributed by atoms with Crippen molar-refractivity contribution in [3.63, 3.8) is 0 Å². The third kappa shape index (κ3) is 2.96. The van der Waals surface area contributed by atoms with Crippen LogP contribution in [0.4, 0.5) is 5.00 Å². The van der Waals surface area contributed by atoms with Gasteiger partial charge in [0.05, 0.1) is 16.8 Å². The van der Waals surface area contributed by atoms with Crippen LogP contribution in [0.1, 0.15) is 71.7 Å². The predicted molar refractivity (Wildman–Crippen MR) is 95.7 cm³/mol. The van der Waals surface area contributed by atoms with E-state index in [4.69, 9.17) is 0 Å². The van der Waals surface area contributed by atoms with Crippen molar-refractivity contribution in [1.82, 2.24) is 9.78 Å². The highest BCUT2D eigenvalue weighted by molar-refractivity contribution is 7.16. The summed E-state index contributed by atoms with van der Waals surface area (Å²) in [6, 6.07) is 4.09. The SMILES string of the molecule is Cc1sc(NC(=O)c2cc(C3CC3)nn2C(C)(C)C)c(C#N)c1C. The quantitative estimate of drug-likeness (QED) is 0.903. The number of carbonyl (C=O) groups excluding carboxylic acids is 1. The van der Waals surface area contributed by atoms with Crippen LogP contribution in [0.2, 0.25) is 0 Å². The van der Waals surface area contributed by atoms with Crippen molar-refractivity contribution >= 4 is 22.2 Å². The fraction of sp³-hybridized carbons (Fsp3) is 0.500. The molecular weight excluding hydrogens is 320 g/mol.